The van der Waals surface area contributed by atoms with Gasteiger partial charge in [-0.05, 0) is 63.5 Å². The Morgan fingerprint density at radius 1 is 1.07 bits per heavy atom. The zero-order chi connectivity index (χ0) is 21.1. The Bertz CT molecular complexity index is 1020. The Morgan fingerprint density at radius 3 is 2.43 bits per heavy atom. The molecule has 1 saturated heterocycles. The number of carbonyl (C=O) groups is 1. The Morgan fingerprint density at radius 2 is 1.73 bits per heavy atom. The molecule has 1 aliphatic rings. The summed E-state index contributed by atoms with van der Waals surface area (Å²) in [6.45, 7) is 6.38. The van der Waals surface area contributed by atoms with Crippen molar-refractivity contribution in [3.05, 3.63) is 82.1 Å². The summed E-state index contributed by atoms with van der Waals surface area (Å²) in [5.41, 5.74) is 4.21. The largest absolute Gasteiger partial charge is 0.350 e. The number of aromatic nitrogens is 2. The number of nitrogens with one attached hydrogen (secondary N) is 1. The van der Waals surface area contributed by atoms with Crippen LogP contribution in [0.4, 0.5) is 0 Å². The predicted molar refractivity (Wildman–Crippen MR) is 120 cm³/mol. The van der Waals surface area contributed by atoms with Crippen molar-refractivity contribution in [2.45, 2.75) is 32.7 Å². The van der Waals surface area contributed by atoms with Crippen molar-refractivity contribution in [2.75, 3.05) is 19.6 Å². The lowest BCUT2D eigenvalue weighted by molar-refractivity contribution is 0.0936. The predicted octanol–water partition coefficient (Wildman–Crippen LogP) is 4.71. The first kappa shape index (κ1) is 20.6. The zero-order valence-electron chi connectivity index (χ0n) is 17.4. The van der Waals surface area contributed by atoms with Gasteiger partial charge in [0.15, 0.2) is 0 Å². The molecule has 1 aliphatic heterocycles. The first-order valence-electron chi connectivity index (χ1n) is 10.4. The SMILES string of the molecule is Cc1nn(-c2ccccc2)c(C)c1C(=O)NC[C@@H](c1ccccc1Cl)N1CCCC1. The van der Waals surface area contributed by atoms with E-state index in [1.54, 1.807) is 0 Å². The first-order chi connectivity index (χ1) is 14.6. The highest BCUT2D eigenvalue weighted by molar-refractivity contribution is 6.31. The maximum atomic E-state index is 13.2. The third kappa shape index (κ3) is 4.13. The number of amides is 1. The highest BCUT2D eigenvalue weighted by atomic mass is 35.5. The van der Waals surface area contributed by atoms with Gasteiger partial charge in [0.25, 0.3) is 5.91 Å². The van der Waals surface area contributed by atoms with E-state index in [-0.39, 0.29) is 11.9 Å². The fraction of sp³-hybridized carbons (Fsp3) is 0.333. The van der Waals surface area contributed by atoms with Gasteiger partial charge in [-0.3, -0.25) is 9.69 Å². The Hall–Kier alpha value is -2.63. The van der Waals surface area contributed by atoms with Gasteiger partial charge in [0.05, 0.1) is 28.7 Å². The summed E-state index contributed by atoms with van der Waals surface area (Å²) in [7, 11) is 0. The van der Waals surface area contributed by atoms with E-state index in [2.05, 4.69) is 21.4 Å². The second kappa shape index (κ2) is 9.02. The lowest BCUT2D eigenvalue weighted by atomic mass is 10.0. The van der Waals surface area contributed by atoms with E-state index in [1.807, 2.05) is 67.1 Å². The molecule has 0 saturated carbocycles. The molecule has 0 bridgehead atoms. The number of para-hydroxylation sites is 1. The van der Waals surface area contributed by atoms with Crippen molar-refractivity contribution < 1.29 is 4.79 Å². The lowest BCUT2D eigenvalue weighted by Crippen LogP contribution is -2.37. The molecule has 0 radical (unpaired) electrons. The van der Waals surface area contributed by atoms with Gasteiger partial charge < -0.3 is 5.32 Å². The fourth-order valence-electron chi connectivity index (χ4n) is 4.30. The third-order valence-corrected chi connectivity index (χ3v) is 6.16. The third-order valence-electron chi connectivity index (χ3n) is 5.82. The van der Waals surface area contributed by atoms with E-state index in [0.29, 0.717) is 12.1 Å². The van der Waals surface area contributed by atoms with Crippen LogP contribution in [0.2, 0.25) is 5.02 Å². The van der Waals surface area contributed by atoms with Crippen molar-refractivity contribution in [3.8, 4) is 5.69 Å². The van der Waals surface area contributed by atoms with Crippen LogP contribution in [0.1, 0.15) is 46.2 Å². The number of nitrogens with zero attached hydrogens (tertiary/aromatic N) is 3. The highest BCUT2D eigenvalue weighted by Gasteiger charge is 2.27. The van der Waals surface area contributed by atoms with E-state index < -0.39 is 0 Å². The van der Waals surface area contributed by atoms with Crippen molar-refractivity contribution in [1.29, 1.82) is 0 Å². The van der Waals surface area contributed by atoms with Gasteiger partial charge in [0.1, 0.15) is 0 Å². The summed E-state index contributed by atoms with van der Waals surface area (Å²) < 4.78 is 1.83. The lowest BCUT2D eigenvalue weighted by Gasteiger charge is -2.29. The minimum atomic E-state index is -0.0940. The van der Waals surface area contributed by atoms with Crippen molar-refractivity contribution in [1.82, 2.24) is 20.0 Å². The summed E-state index contributed by atoms with van der Waals surface area (Å²) in [5.74, 6) is -0.0940. The summed E-state index contributed by atoms with van der Waals surface area (Å²) in [6.07, 6.45) is 2.36. The normalized spacial score (nSPS) is 15.3. The van der Waals surface area contributed by atoms with Gasteiger partial charge >= 0.3 is 0 Å². The van der Waals surface area contributed by atoms with E-state index >= 15 is 0 Å². The summed E-state index contributed by atoms with van der Waals surface area (Å²) >= 11 is 6.50. The number of rotatable bonds is 6. The minimum Gasteiger partial charge on any atom is -0.350 e. The van der Waals surface area contributed by atoms with Crippen LogP contribution in [0.5, 0.6) is 0 Å². The first-order valence-corrected chi connectivity index (χ1v) is 10.8. The van der Waals surface area contributed by atoms with Crippen LogP contribution in [0, 0.1) is 13.8 Å². The number of hydrogen-bond acceptors (Lipinski definition) is 3. The van der Waals surface area contributed by atoms with Gasteiger partial charge in [0.2, 0.25) is 0 Å². The number of likely N-dealkylation sites (tertiary alicyclic amines) is 1. The van der Waals surface area contributed by atoms with Crippen LogP contribution in [0.3, 0.4) is 0 Å². The average Bonchev–Trinajstić information content (AvgIpc) is 3.38. The molecular weight excluding hydrogens is 396 g/mol. The number of carbonyl (C=O) groups excluding carboxylic acids is 1. The molecule has 1 aromatic heterocycles. The van der Waals surface area contributed by atoms with Gasteiger partial charge in [-0.2, -0.15) is 5.10 Å². The topological polar surface area (TPSA) is 50.2 Å². The molecule has 1 atom stereocenters. The van der Waals surface area contributed by atoms with E-state index in [4.69, 9.17) is 11.6 Å². The second-order valence-corrected chi connectivity index (χ2v) is 8.19. The van der Waals surface area contributed by atoms with Crippen molar-refractivity contribution >= 4 is 17.5 Å². The molecular formula is C24H27ClN4O. The molecule has 156 valence electrons. The zero-order valence-corrected chi connectivity index (χ0v) is 18.2. The van der Waals surface area contributed by atoms with Crippen LogP contribution < -0.4 is 5.32 Å². The summed E-state index contributed by atoms with van der Waals surface area (Å²) in [4.78, 5) is 15.6. The monoisotopic (exact) mass is 422 g/mol. The molecule has 0 unspecified atom stereocenters. The summed E-state index contributed by atoms with van der Waals surface area (Å²) in [6, 6.07) is 17.9. The molecule has 1 N–H and O–H groups in total. The van der Waals surface area contributed by atoms with Crippen LogP contribution in [-0.2, 0) is 0 Å². The Kier molecular flexibility index (Phi) is 6.21. The molecule has 0 spiro atoms. The van der Waals surface area contributed by atoms with Gasteiger partial charge in [-0.25, -0.2) is 4.68 Å². The van der Waals surface area contributed by atoms with Gasteiger partial charge in [-0.1, -0.05) is 48.0 Å². The van der Waals surface area contributed by atoms with Crippen molar-refractivity contribution in [3.63, 3.8) is 0 Å². The van der Waals surface area contributed by atoms with Gasteiger partial charge in [0, 0.05) is 11.6 Å². The smallest absolute Gasteiger partial charge is 0.255 e. The van der Waals surface area contributed by atoms with Crippen LogP contribution in [0.25, 0.3) is 5.69 Å². The highest BCUT2D eigenvalue weighted by Crippen LogP contribution is 2.30. The Labute approximate surface area is 182 Å². The van der Waals surface area contributed by atoms with Crippen LogP contribution in [0.15, 0.2) is 54.6 Å². The maximum absolute atomic E-state index is 13.2. The summed E-state index contributed by atoms with van der Waals surface area (Å²) in [5, 5.41) is 8.50. The molecule has 3 aromatic rings. The quantitative estimate of drug-likeness (QED) is 0.625. The number of halogens is 1. The molecule has 4 rings (SSSR count). The molecule has 1 amide bonds. The minimum absolute atomic E-state index is 0.0648. The molecule has 6 heteroatoms. The van der Waals surface area contributed by atoms with E-state index in [9.17, 15) is 4.79 Å². The van der Waals surface area contributed by atoms with E-state index in [0.717, 1.165) is 40.8 Å². The molecule has 30 heavy (non-hydrogen) atoms. The van der Waals surface area contributed by atoms with Gasteiger partial charge in [-0.15, -0.1) is 0 Å². The van der Waals surface area contributed by atoms with Crippen LogP contribution >= 0.6 is 11.6 Å². The standard InChI is InChI=1S/C24H27ClN4O/c1-17-23(18(2)29(27-17)19-10-4-3-5-11-19)24(30)26-16-22(28-14-8-9-15-28)20-12-6-7-13-21(20)25/h3-7,10-13,22H,8-9,14-16H2,1-2H3,(H,26,30)/t22-/m0/s1. The molecule has 1 fully saturated rings. The number of hydrogen-bond donors (Lipinski definition) is 1. The molecule has 5 nitrogen and oxygen atoms in total. The molecule has 0 aliphatic carbocycles. The van der Waals surface area contributed by atoms with Crippen molar-refractivity contribution in [2.24, 2.45) is 0 Å². The molecule has 2 aromatic carbocycles. The Balaban J connectivity index is 1.56. The maximum Gasteiger partial charge on any atom is 0.255 e. The number of benzene rings is 2. The number of aryl methyl sites for hydroxylation is 1. The fourth-order valence-corrected chi connectivity index (χ4v) is 4.57. The average molecular weight is 423 g/mol. The molecule has 2 heterocycles. The second-order valence-electron chi connectivity index (χ2n) is 7.78. The van der Waals surface area contributed by atoms with Crippen LogP contribution in [-0.4, -0.2) is 40.2 Å². The van der Waals surface area contributed by atoms with E-state index in [1.165, 1.54) is 12.8 Å².